The molecular formula is C13H14ClF3N4. The van der Waals surface area contributed by atoms with Gasteiger partial charge in [-0.3, -0.25) is 0 Å². The van der Waals surface area contributed by atoms with Crippen molar-refractivity contribution in [2.75, 3.05) is 0 Å². The lowest BCUT2D eigenvalue weighted by molar-refractivity contribution is -0.137. The van der Waals surface area contributed by atoms with E-state index in [-0.39, 0.29) is 16.8 Å². The van der Waals surface area contributed by atoms with Crippen LogP contribution in [0.3, 0.4) is 0 Å². The Morgan fingerprint density at radius 3 is 2.67 bits per heavy atom. The maximum atomic E-state index is 13.1. The molecule has 2 rings (SSSR count). The third kappa shape index (κ3) is 3.74. The van der Waals surface area contributed by atoms with Crippen molar-refractivity contribution in [3.8, 4) is 5.69 Å². The van der Waals surface area contributed by atoms with Crippen LogP contribution in [0.5, 0.6) is 0 Å². The van der Waals surface area contributed by atoms with Crippen molar-refractivity contribution in [2.24, 2.45) is 0 Å². The molecule has 0 unspecified atom stereocenters. The van der Waals surface area contributed by atoms with Gasteiger partial charge in [-0.1, -0.05) is 30.7 Å². The van der Waals surface area contributed by atoms with E-state index < -0.39 is 11.7 Å². The van der Waals surface area contributed by atoms with Gasteiger partial charge in [-0.05, 0) is 18.2 Å². The molecule has 21 heavy (non-hydrogen) atoms. The van der Waals surface area contributed by atoms with Gasteiger partial charge in [0.2, 0.25) is 0 Å². The molecule has 0 amide bonds. The van der Waals surface area contributed by atoms with Crippen LogP contribution in [0.4, 0.5) is 13.2 Å². The molecule has 0 aliphatic carbocycles. The smallest absolute Gasteiger partial charge is 0.309 e. The van der Waals surface area contributed by atoms with Crippen LogP contribution in [0.1, 0.15) is 25.1 Å². The van der Waals surface area contributed by atoms with Gasteiger partial charge in [0.25, 0.3) is 0 Å². The van der Waals surface area contributed by atoms with Crippen molar-refractivity contribution in [1.29, 1.82) is 0 Å². The summed E-state index contributed by atoms with van der Waals surface area (Å²) in [4.78, 5) is 0. The van der Waals surface area contributed by atoms with Gasteiger partial charge in [-0.2, -0.15) is 13.2 Å². The van der Waals surface area contributed by atoms with E-state index in [4.69, 9.17) is 11.6 Å². The van der Waals surface area contributed by atoms with E-state index in [9.17, 15) is 13.2 Å². The topological polar surface area (TPSA) is 42.7 Å². The first-order chi connectivity index (χ1) is 9.79. The Morgan fingerprint density at radius 2 is 2.05 bits per heavy atom. The second-order valence-corrected chi connectivity index (χ2v) is 5.27. The minimum atomic E-state index is -4.52. The van der Waals surface area contributed by atoms with E-state index in [2.05, 4.69) is 15.6 Å². The Labute approximate surface area is 124 Å². The van der Waals surface area contributed by atoms with Gasteiger partial charge in [0, 0.05) is 17.6 Å². The fraction of sp³-hybridized carbons (Fsp3) is 0.385. The first-order valence-corrected chi connectivity index (χ1v) is 6.67. The molecule has 0 saturated carbocycles. The molecule has 1 heterocycles. The first kappa shape index (κ1) is 15.8. The molecule has 114 valence electrons. The molecule has 1 N–H and O–H groups in total. The van der Waals surface area contributed by atoms with Crippen LogP contribution in [0, 0.1) is 0 Å². The maximum absolute atomic E-state index is 13.1. The van der Waals surface area contributed by atoms with Crippen LogP contribution in [0.25, 0.3) is 5.69 Å². The van der Waals surface area contributed by atoms with Crippen LogP contribution in [-0.4, -0.2) is 21.0 Å². The maximum Gasteiger partial charge on any atom is 0.418 e. The molecule has 0 spiro atoms. The van der Waals surface area contributed by atoms with E-state index in [0.29, 0.717) is 12.2 Å². The van der Waals surface area contributed by atoms with Gasteiger partial charge in [-0.25, -0.2) is 4.68 Å². The van der Waals surface area contributed by atoms with Crippen molar-refractivity contribution in [2.45, 2.75) is 32.6 Å². The number of benzene rings is 1. The molecule has 4 nitrogen and oxygen atoms in total. The monoisotopic (exact) mass is 318 g/mol. The van der Waals surface area contributed by atoms with Gasteiger partial charge in [0.1, 0.15) is 0 Å². The number of alkyl halides is 3. The van der Waals surface area contributed by atoms with Gasteiger partial charge >= 0.3 is 6.18 Å². The molecule has 0 fully saturated rings. The highest BCUT2D eigenvalue weighted by atomic mass is 35.5. The lowest BCUT2D eigenvalue weighted by Crippen LogP contribution is -2.24. The highest BCUT2D eigenvalue weighted by Crippen LogP contribution is 2.35. The summed E-state index contributed by atoms with van der Waals surface area (Å²) in [6, 6.07) is 3.77. The average molecular weight is 319 g/mol. The van der Waals surface area contributed by atoms with Gasteiger partial charge < -0.3 is 5.32 Å². The molecule has 0 bridgehead atoms. The van der Waals surface area contributed by atoms with Crippen LogP contribution in [-0.2, 0) is 12.7 Å². The zero-order valence-electron chi connectivity index (χ0n) is 11.4. The predicted molar refractivity (Wildman–Crippen MR) is 73.3 cm³/mol. The van der Waals surface area contributed by atoms with Crippen LogP contribution in [0.2, 0.25) is 5.02 Å². The number of hydrogen-bond donors (Lipinski definition) is 1. The highest BCUT2D eigenvalue weighted by molar-refractivity contribution is 6.30. The summed E-state index contributed by atoms with van der Waals surface area (Å²) in [5.41, 5.74) is -0.396. The Bertz CT molecular complexity index is 622. The van der Waals surface area contributed by atoms with Crippen molar-refractivity contribution in [3.05, 3.63) is 40.7 Å². The molecule has 1 aromatic heterocycles. The van der Waals surface area contributed by atoms with Crippen molar-refractivity contribution < 1.29 is 13.2 Å². The molecule has 0 saturated heterocycles. The molecule has 1 aromatic carbocycles. The highest BCUT2D eigenvalue weighted by Gasteiger charge is 2.35. The summed E-state index contributed by atoms with van der Waals surface area (Å²) in [6.07, 6.45) is -3.08. The number of nitrogens with one attached hydrogen (secondary N) is 1. The minimum Gasteiger partial charge on any atom is -0.309 e. The lowest BCUT2D eigenvalue weighted by Gasteiger charge is -2.15. The molecule has 0 aliphatic heterocycles. The quantitative estimate of drug-likeness (QED) is 0.939. The summed E-state index contributed by atoms with van der Waals surface area (Å²) >= 11 is 5.67. The number of rotatable bonds is 4. The normalized spacial score (nSPS) is 12.1. The summed E-state index contributed by atoms with van der Waals surface area (Å²) in [5.74, 6) is 0. The minimum absolute atomic E-state index is 0.0213. The SMILES string of the molecule is CC(C)NCc1cnnn1-c1ccc(Cl)cc1C(F)(F)F. The fourth-order valence-electron chi connectivity index (χ4n) is 1.81. The van der Waals surface area contributed by atoms with E-state index >= 15 is 0 Å². The Hall–Kier alpha value is -1.60. The fourth-order valence-corrected chi connectivity index (χ4v) is 1.98. The zero-order valence-corrected chi connectivity index (χ0v) is 12.2. The number of nitrogens with zero attached hydrogens (tertiary/aromatic N) is 3. The Morgan fingerprint density at radius 1 is 1.33 bits per heavy atom. The van der Waals surface area contributed by atoms with E-state index in [1.165, 1.54) is 23.0 Å². The largest absolute Gasteiger partial charge is 0.418 e. The number of aromatic nitrogens is 3. The molecule has 0 aliphatic rings. The summed E-state index contributed by atoms with van der Waals surface area (Å²) < 4.78 is 40.6. The number of hydrogen-bond acceptors (Lipinski definition) is 3. The summed E-state index contributed by atoms with van der Waals surface area (Å²) in [7, 11) is 0. The lowest BCUT2D eigenvalue weighted by atomic mass is 10.1. The third-order valence-corrected chi connectivity index (χ3v) is 3.04. The summed E-state index contributed by atoms with van der Waals surface area (Å²) in [5, 5.41) is 10.6. The molecule has 2 aromatic rings. The van der Waals surface area contributed by atoms with E-state index in [0.717, 1.165) is 6.07 Å². The molecule has 0 radical (unpaired) electrons. The second kappa shape index (κ2) is 6.03. The van der Waals surface area contributed by atoms with Gasteiger partial charge in [0.05, 0.1) is 23.1 Å². The van der Waals surface area contributed by atoms with Gasteiger partial charge in [-0.15, -0.1) is 5.10 Å². The number of halogens is 4. The van der Waals surface area contributed by atoms with E-state index in [1.54, 1.807) is 0 Å². The zero-order chi connectivity index (χ0) is 15.6. The van der Waals surface area contributed by atoms with E-state index in [1.807, 2.05) is 13.8 Å². The second-order valence-electron chi connectivity index (χ2n) is 4.83. The van der Waals surface area contributed by atoms with Crippen LogP contribution in [0.15, 0.2) is 24.4 Å². The predicted octanol–water partition coefficient (Wildman–Crippen LogP) is 3.44. The van der Waals surface area contributed by atoms with Crippen molar-refractivity contribution in [3.63, 3.8) is 0 Å². The third-order valence-electron chi connectivity index (χ3n) is 2.80. The summed E-state index contributed by atoms with van der Waals surface area (Å²) in [6.45, 7) is 4.25. The first-order valence-electron chi connectivity index (χ1n) is 6.29. The molecular weight excluding hydrogens is 305 g/mol. The molecule has 8 heteroatoms. The van der Waals surface area contributed by atoms with Crippen LogP contribution >= 0.6 is 11.6 Å². The van der Waals surface area contributed by atoms with Crippen LogP contribution < -0.4 is 5.32 Å². The Kier molecular flexibility index (Phi) is 4.53. The van der Waals surface area contributed by atoms with Crippen molar-refractivity contribution in [1.82, 2.24) is 20.3 Å². The average Bonchev–Trinajstić information content (AvgIpc) is 2.83. The van der Waals surface area contributed by atoms with Gasteiger partial charge in [0.15, 0.2) is 0 Å². The Balaban J connectivity index is 2.46. The molecule has 0 atom stereocenters. The van der Waals surface area contributed by atoms with Crippen molar-refractivity contribution >= 4 is 11.6 Å². The standard InChI is InChI=1S/C13H14ClF3N4/c1-8(2)18-6-10-7-19-20-21(10)12-4-3-9(14)5-11(12)13(15,16)17/h3-5,7-8,18H,6H2,1-2H3.